The van der Waals surface area contributed by atoms with Crippen LogP contribution in [-0.4, -0.2) is 43.5 Å². The van der Waals surface area contributed by atoms with Crippen molar-refractivity contribution >= 4 is 5.91 Å². The molecule has 1 aliphatic heterocycles. The fourth-order valence-electron chi connectivity index (χ4n) is 3.60. The molecule has 1 saturated heterocycles. The normalized spacial score (nSPS) is 14.2. The van der Waals surface area contributed by atoms with Gasteiger partial charge in [-0.15, -0.1) is 5.10 Å². The van der Waals surface area contributed by atoms with E-state index in [1.54, 1.807) is 10.7 Å². The minimum atomic E-state index is -0.145. The third-order valence-electron chi connectivity index (χ3n) is 5.02. The van der Waals surface area contributed by atoms with E-state index in [1.165, 1.54) is 10.7 Å². The van der Waals surface area contributed by atoms with Crippen LogP contribution >= 0.6 is 0 Å². The van der Waals surface area contributed by atoms with Crippen LogP contribution in [0.4, 0.5) is 0 Å². The molecule has 0 radical (unpaired) electrons. The lowest BCUT2D eigenvalue weighted by Gasteiger charge is -2.39. The number of nitrogens with zero attached hydrogens (tertiary/aromatic N) is 5. The highest BCUT2D eigenvalue weighted by atomic mass is 16.2. The van der Waals surface area contributed by atoms with E-state index in [1.807, 2.05) is 56.0 Å². The molecule has 0 aliphatic carbocycles. The lowest BCUT2D eigenvalue weighted by molar-refractivity contribution is 0.0458. The second-order valence-electron chi connectivity index (χ2n) is 7.50. The quantitative estimate of drug-likeness (QED) is 0.698. The number of carbonyl (C=O) groups excluding carboxylic acids is 1. The van der Waals surface area contributed by atoms with E-state index in [4.69, 9.17) is 0 Å². The largest absolute Gasteiger partial charge is 0.338 e. The zero-order chi connectivity index (χ0) is 19.8. The van der Waals surface area contributed by atoms with Crippen LogP contribution in [0.15, 0.2) is 47.3 Å². The van der Waals surface area contributed by atoms with Crippen molar-refractivity contribution in [1.82, 2.24) is 24.5 Å². The number of amides is 1. The Morgan fingerprint density at radius 2 is 1.86 bits per heavy atom. The van der Waals surface area contributed by atoms with Crippen molar-refractivity contribution in [3.63, 3.8) is 0 Å². The Balaban J connectivity index is 1.45. The fourth-order valence-corrected chi connectivity index (χ4v) is 3.60. The summed E-state index contributed by atoms with van der Waals surface area (Å²) in [5, 5.41) is 8.91. The third kappa shape index (κ3) is 3.47. The minimum absolute atomic E-state index is 0.0386. The van der Waals surface area contributed by atoms with Crippen LogP contribution in [0.2, 0.25) is 0 Å². The molecule has 1 amide bonds. The SMILES string of the molecule is Cc1cccc(C(=O)N2CC(Cn3nc(-n4nc(C)cc4C)ccc3=O)C2)c1. The maximum Gasteiger partial charge on any atom is 0.266 e. The number of hydrogen-bond donors (Lipinski definition) is 0. The molecule has 7 heteroatoms. The van der Waals surface area contributed by atoms with Gasteiger partial charge in [0.25, 0.3) is 11.5 Å². The molecule has 144 valence electrons. The van der Waals surface area contributed by atoms with E-state index in [-0.39, 0.29) is 17.4 Å². The van der Waals surface area contributed by atoms with Crippen LogP contribution in [0.3, 0.4) is 0 Å². The van der Waals surface area contributed by atoms with Gasteiger partial charge in [-0.05, 0) is 45.0 Å². The van der Waals surface area contributed by atoms with E-state index >= 15 is 0 Å². The Morgan fingerprint density at radius 1 is 1.07 bits per heavy atom. The highest BCUT2D eigenvalue weighted by molar-refractivity contribution is 5.94. The first-order chi connectivity index (χ1) is 13.4. The van der Waals surface area contributed by atoms with Crippen molar-refractivity contribution in [3.05, 3.63) is 75.3 Å². The summed E-state index contributed by atoms with van der Waals surface area (Å²) in [7, 11) is 0. The number of aromatic nitrogens is 4. The molecule has 1 aliphatic rings. The molecule has 0 bridgehead atoms. The maximum absolute atomic E-state index is 12.6. The lowest BCUT2D eigenvalue weighted by Crippen LogP contribution is -2.52. The number of benzene rings is 1. The number of hydrogen-bond acceptors (Lipinski definition) is 4. The van der Waals surface area contributed by atoms with Gasteiger partial charge in [-0.25, -0.2) is 9.36 Å². The summed E-state index contributed by atoms with van der Waals surface area (Å²) in [6.45, 7) is 7.61. The van der Waals surface area contributed by atoms with Crippen molar-refractivity contribution < 1.29 is 4.79 Å². The summed E-state index contributed by atoms with van der Waals surface area (Å²) in [4.78, 5) is 26.6. The first-order valence-electron chi connectivity index (χ1n) is 9.38. The Labute approximate surface area is 163 Å². The Hall–Kier alpha value is -3.22. The average molecular weight is 377 g/mol. The van der Waals surface area contributed by atoms with Gasteiger partial charge < -0.3 is 4.90 Å². The molecule has 0 N–H and O–H groups in total. The van der Waals surface area contributed by atoms with Crippen molar-refractivity contribution in [2.24, 2.45) is 5.92 Å². The van der Waals surface area contributed by atoms with Gasteiger partial charge in [-0.1, -0.05) is 17.7 Å². The van der Waals surface area contributed by atoms with Gasteiger partial charge in [0.05, 0.1) is 12.2 Å². The van der Waals surface area contributed by atoms with Crippen molar-refractivity contribution in [1.29, 1.82) is 0 Å². The molecule has 3 aromatic rings. The second kappa shape index (κ2) is 7.07. The molecule has 2 aromatic heterocycles. The second-order valence-corrected chi connectivity index (χ2v) is 7.50. The van der Waals surface area contributed by atoms with E-state index in [0.717, 1.165) is 17.0 Å². The Morgan fingerprint density at radius 3 is 2.54 bits per heavy atom. The molecular weight excluding hydrogens is 354 g/mol. The smallest absolute Gasteiger partial charge is 0.266 e. The van der Waals surface area contributed by atoms with Crippen LogP contribution in [-0.2, 0) is 6.54 Å². The van der Waals surface area contributed by atoms with E-state index in [2.05, 4.69) is 10.2 Å². The Kier molecular flexibility index (Phi) is 4.58. The zero-order valence-electron chi connectivity index (χ0n) is 16.3. The summed E-state index contributed by atoms with van der Waals surface area (Å²) in [5.74, 6) is 0.878. The summed E-state index contributed by atoms with van der Waals surface area (Å²) in [6.07, 6.45) is 0. The first-order valence-corrected chi connectivity index (χ1v) is 9.38. The van der Waals surface area contributed by atoms with Gasteiger partial charge >= 0.3 is 0 Å². The molecule has 4 rings (SSSR count). The van der Waals surface area contributed by atoms with Crippen LogP contribution < -0.4 is 5.56 Å². The highest BCUT2D eigenvalue weighted by Crippen LogP contribution is 2.20. The lowest BCUT2D eigenvalue weighted by atomic mass is 9.98. The monoisotopic (exact) mass is 377 g/mol. The van der Waals surface area contributed by atoms with Crippen molar-refractivity contribution in [2.75, 3.05) is 13.1 Å². The van der Waals surface area contributed by atoms with E-state index < -0.39 is 0 Å². The predicted octanol–water partition coefficient (Wildman–Crippen LogP) is 2.13. The molecule has 0 atom stereocenters. The molecular formula is C21H23N5O2. The van der Waals surface area contributed by atoms with Crippen LogP contribution in [0.5, 0.6) is 0 Å². The van der Waals surface area contributed by atoms with Gasteiger partial charge in [0.1, 0.15) is 0 Å². The van der Waals surface area contributed by atoms with E-state index in [9.17, 15) is 9.59 Å². The van der Waals surface area contributed by atoms with Crippen LogP contribution in [0, 0.1) is 26.7 Å². The number of aryl methyl sites for hydroxylation is 3. The van der Waals surface area contributed by atoms with Gasteiger partial charge in [0.2, 0.25) is 0 Å². The van der Waals surface area contributed by atoms with Crippen LogP contribution in [0.1, 0.15) is 27.3 Å². The standard InChI is InChI=1S/C21H23N5O2/c1-14-5-4-6-18(9-14)21(28)24-11-17(12-24)13-25-20(27)8-7-19(23-25)26-16(3)10-15(2)22-26/h4-10,17H,11-13H2,1-3H3. The topological polar surface area (TPSA) is 73.0 Å². The molecule has 1 aromatic carbocycles. The van der Waals surface area contributed by atoms with Crippen LogP contribution in [0.25, 0.3) is 5.82 Å². The van der Waals surface area contributed by atoms with E-state index in [0.29, 0.717) is 31.0 Å². The van der Waals surface area contributed by atoms with Gasteiger partial charge in [0.15, 0.2) is 5.82 Å². The van der Waals surface area contributed by atoms with Crippen molar-refractivity contribution in [3.8, 4) is 5.82 Å². The third-order valence-corrected chi connectivity index (χ3v) is 5.02. The maximum atomic E-state index is 12.6. The molecule has 0 saturated carbocycles. The van der Waals surface area contributed by atoms with Gasteiger partial charge in [-0.3, -0.25) is 9.59 Å². The molecule has 3 heterocycles. The Bertz CT molecular complexity index is 1090. The fraction of sp³-hybridized carbons (Fsp3) is 0.333. The number of rotatable bonds is 4. The first kappa shape index (κ1) is 18.2. The minimum Gasteiger partial charge on any atom is -0.338 e. The van der Waals surface area contributed by atoms with Gasteiger partial charge in [0, 0.05) is 36.3 Å². The molecule has 0 spiro atoms. The summed E-state index contributed by atoms with van der Waals surface area (Å²) >= 11 is 0. The summed E-state index contributed by atoms with van der Waals surface area (Å²) in [5.41, 5.74) is 3.50. The summed E-state index contributed by atoms with van der Waals surface area (Å²) < 4.78 is 3.21. The molecule has 0 unspecified atom stereocenters. The molecule has 7 nitrogen and oxygen atoms in total. The number of likely N-dealkylation sites (tertiary alicyclic amines) is 1. The predicted molar refractivity (Wildman–Crippen MR) is 106 cm³/mol. The van der Waals surface area contributed by atoms with Gasteiger partial charge in [-0.2, -0.15) is 5.10 Å². The molecule has 1 fully saturated rings. The summed E-state index contributed by atoms with van der Waals surface area (Å²) in [6, 6.07) is 12.8. The highest BCUT2D eigenvalue weighted by Gasteiger charge is 2.31. The molecule has 28 heavy (non-hydrogen) atoms. The average Bonchev–Trinajstić information content (AvgIpc) is 2.97. The number of carbonyl (C=O) groups is 1. The van der Waals surface area contributed by atoms with Crippen molar-refractivity contribution in [2.45, 2.75) is 27.3 Å². The zero-order valence-corrected chi connectivity index (χ0v) is 16.3.